The number of carbonyl (C=O) groups excluding carboxylic acids is 1. The number of ketones is 1. The summed E-state index contributed by atoms with van der Waals surface area (Å²) < 4.78 is 23.6. The number of hydrogen-bond donors (Lipinski definition) is 0. The number of nitrogens with zero attached hydrogens (tertiary/aromatic N) is 1. The summed E-state index contributed by atoms with van der Waals surface area (Å²) in [4.78, 5) is 12.3. The molecule has 0 saturated carbocycles. The van der Waals surface area contributed by atoms with Gasteiger partial charge < -0.3 is 0 Å². The summed E-state index contributed by atoms with van der Waals surface area (Å²) in [5, 5.41) is 9.72. The Labute approximate surface area is 184 Å². The Morgan fingerprint density at radius 1 is 1.07 bits per heavy atom. The Kier molecular flexibility index (Phi) is 9.08. The molecule has 2 aromatic carbocycles. The van der Waals surface area contributed by atoms with Crippen molar-refractivity contribution in [3.05, 3.63) is 70.2 Å². The van der Waals surface area contributed by atoms with Crippen LogP contribution in [0.3, 0.4) is 0 Å². The third kappa shape index (κ3) is 6.97. The normalized spacial score (nSPS) is 12.5. The Balaban J connectivity index is 1.88. The first-order valence-corrected chi connectivity index (χ1v) is 12.3. The average Bonchev–Trinajstić information content (AvgIpc) is 2.70. The van der Waals surface area contributed by atoms with Crippen LogP contribution in [-0.2, 0) is 21.1 Å². The van der Waals surface area contributed by atoms with Gasteiger partial charge in [0.1, 0.15) is 5.78 Å². The first kappa shape index (κ1) is 24.1. The first-order chi connectivity index (χ1) is 14.2. The van der Waals surface area contributed by atoms with Crippen LogP contribution in [-0.4, -0.2) is 25.2 Å². The van der Waals surface area contributed by atoms with E-state index < -0.39 is 15.8 Å². The molecule has 0 aliphatic heterocycles. The van der Waals surface area contributed by atoms with Crippen LogP contribution in [0.2, 0.25) is 5.02 Å². The largest absolute Gasteiger partial charge is 0.299 e. The van der Waals surface area contributed by atoms with Crippen molar-refractivity contribution in [2.45, 2.75) is 57.1 Å². The maximum Gasteiger partial charge on any atom is 0.152 e. The van der Waals surface area contributed by atoms with Crippen molar-refractivity contribution < 1.29 is 13.2 Å². The third-order valence-electron chi connectivity index (χ3n) is 5.14. The summed E-state index contributed by atoms with van der Waals surface area (Å²) in [6, 6.07) is 17.2. The van der Waals surface area contributed by atoms with E-state index in [1.807, 2.05) is 42.5 Å². The molecule has 0 spiro atoms. The summed E-state index contributed by atoms with van der Waals surface area (Å²) >= 11 is 6.43. The van der Waals surface area contributed by atoms with Crippen LogP contribution in [0.1, 0.15) is 62.1 Å². The number of rotatable bonds is 11. The van der Waals surface area contributed by atoms with Gasteiger partial charge in [0.05, 0.1) is 23.0 Å². The highest BCUT2D eigenvalue weighted by Gasteiger charge is 2.17. The number of nitriles is 1. The van der Waals surface area contributed by atoms with E-state index in [1.165, 1.54) is 0 Å². The number of halogens is 1. The molecule has 0 aliphatic rings. The van der Waals surface area contributed by atoms with E-state index in [4.69, 9.17) is 11.6 Å². The van der Waals surface area contributed by atoms with Crippen molar-refractivity contribution in [3.63, 3.8) is 0 Å². The van der Waals surface area contributed by atoms with E-state index in [1.54, 1.807) is 19.9 Å². The monoisotopic (exact) mass is 445 g/mol. The molecule has 1 atom stereocenters. The molecule has 0 fully saturated rings. The van der Waals surface area contributed by atoms with E-state index in [0.717, 1.165) is 23.1 Å². The Bertz CT molecular complexity index is 995. The first-order valence-electron chi connectivity index (χ1n) is 10.2. The van der Waals surface area contributed by atoms with E-state index in [0.29, 0.717) is 24.3 Å². The molecule has 2 rings (SSSR count). The number of unbranched alkanes of at least 4 members (excludes halogenated alkanes) is 2. The highest BCUT2D eigenvalue weighted by atomic mass is 35.5. The zero-order chi connectivity index (χ0) is 22.1. The summed E-state index contributed by atoms with van der Waals surface area (Å²) in [7, 11) is -3.01. The highest BCUT2D eigenvalue weighted by Crippen LogP contribution is 2.30. The van der Waals surface area contributed by atoms with Crippen molar-refractivity contribution in [3.8, 4) is 6.07 Å². The van der Waals surface area contributed by atoms with Crippen LogP contribution in [0, 0.1) is 11.3 Å². The van der Waals surface area contributed by atoms with Gasteiger partial charge in [-0.1, -0.05) is 60.5 Å². The number of carbonyl (C=O) groups is 1. The molecule has 0 aliphatic carbocycles. The van der Waals surface area contributed by atoms with Gasteiger partial charge >= 0.3 is 0 Å². The van der Waals surface area contributed by atoms with Gasteiger partial charge in [0, 0.05) is 17.9 Å². The molecule has 0 heterocycles. The molecule has 2 aromatic rings. The molecule has 0 N–H and O–H groups in total. The molecular formula is C24H28ClNO3S. The molecule has 0 amide bonds. The summed E-state index contributed by atoms with van der Waals surface area (Å²) in [6.45, 7) is 3.38. The van der Waals surface area contributed by atoms with Crippen molar-refractivity contribution in [1.29, 1.82) is 5.26 Å². The highest BCUT2D eigenvalue weighted by molar-refractivity contribution is 7.91. The second-order valence-electron chi connectivity index (χ2n) is 7.77. The van der Waals surface area contributed by atoms with E-state index in [9.17, 15) is 18.5 Å². The van der Waals surface area contributed by atoms with Crippen molar-refractivity contribution in [1.82, 2.24) is 0 Å². The SMILES string of the molecule is CC(C)S(=O)(=O)CCCCCC(=O)Cc1ccc(C(C#N)c2ccccc2)c(Cl)c1. The average molecular weight is 446 g/mol. The fourth-order valence-corrected chi connectivity index (χ4v) is 4.63. The van der Waals surface area contributed by atoms with E-state index >= 15 is 0 Å². The quantitative estimate of drug-likeness (QED) is 0.428. The minimum atomic E-state index is -3.01. The van der Waals surface area contributed by atoms with Crippen LogP contribution >= 0.6 is 11.6 Å². The molecular weight excluding hydrogens is 418 g/mol. The fraction of sp³-hybridized carbons (Fsp3) is 0.417. The van der Waals surface area contributed by atoms with Gasteiger partial charge in [-0.2, -0.15) is 5.26 Å². The maximum atomic E-state index is 12.3. The van der Waals surface area contributed by atoms with Gasteiger partial charge in [-0.15, -0.1) is 0 Å². The maximum absolute atomic E-state index is 12.3. The molecule has 4 nitrogen and oxygen atoms in total. The lowest BCUT2D eigenvalue weighted by molar-refractivity contribution is -0.118. The second-order valence-corrected chi connectivity index (χ2v) is 10.9. The van der Waals surface area contributed by atoms with E-state index in [2.05, 4.69) is 6.07 Å². The Morgan fingerprint density at radius 3 is 2.37 bits per heavy atom. The fourth-order valence-electron chi connectivity index (χ4n) is 3.24. The van der Waals surface area contributed by atoms with Crippen molar-refractivity contribution >= 4 is 27.2 Å². The van der Waals surface area contributed by atoms with Crippen molar-refractivity contribution in [2.24, 2.45) is 0 Å². The van der Waals surface area contributed by atoms with E-state index in [-0.39, 0.29) is 23.2 Å². The molecule has 0 bridgehead atoms. The zero-order valence-corrected chi connectivity index (χ0v) is 19.0. The number of benzene rings is 2. The van der Waals surface area contributed by atoms with Crippen LogP contribution in [0.4, 0.5) is 0 Å². The smallest absolute Gasteiger partial charge is 0.152 e. The molecule has 30 heavy (non-hydrogen) atoms. The lowest BCUT2D eigenvalue weighted by atomic mass is 9.91. The minimum Gasteiger partial charge on any atom is -0.299 e. The standard InChI is InChI=1S/C24H28ClNO3S/c1-18(2)30(28,29)14-8-4-7-11-21(27)15-19-12-13-22(24(25)16-19)23(17-26)20-9-5-3-6-10-20/h3,5-6,9-10,12-13,16,18,23H,4,7-8,11,14-15H2,1-2H3. The van der Waals surface area contributed by atoms with Crippen LogP contribution in [0.25, 0.3) is 0 Å². The third-order valence-corrected chi connectivity index (χ3v) is 7.76. The Hall–Kier alpha value is -2.16. The van der Waals surface area contributed by atoms with Crippen LogP contribution < -0.4 is 0 Å². The molecule has 0 aromatic heterocycles. The predicted octanol–water partition coefficient (Wildman–Crippen LogP) is 5.49. The van der Waals surface area contributed by atoms with Gasteiger partial charge in [-0.05, 0) is 49.4 Å². The van der Waals surface area contributed by atoms with Crippen LogP contribution in [0.15, 0.2) is 48.5 Å². The predicted molar refractivity (Wildman–Crippen MR) is 121 cm³/mol. The van der Waals surface area contributed by atoms with Gasteiger partial charge in [0.15, 0.2) is 9.84 Å². The number of Topliss-reactive ketones (excluding diaryl/α,β-unsaturated/α-hetero) is 1. The topological polar surface area (TPSA) is 75.0 Å². The molecule has 0 radical (unpaired) electrons. The number of hydrogen-bond acceptors (Lipinski definition) is 4. The molecule has 0 saturated heterocycles. The zero-order valence-electron chi connectivity index (χ0n) is 17.5. The summed E-state index contributed by atoms with van der Waals surface area (Å²) in [5.41, 5.74) is 2.43. The molecule has 160 valence electrons. The Morgan fingerprint density at radius 2 is 1.77 bits per heavy atom. The number of sulfone groups is 1. The lowest BCUT2D eigenvalue weighted by Gasteiger charge is -2.13. The van der Waals surface area contributed by atoms with Gasteiger partial charge in [0.2, 0.25) is 0 Å². The van der Waals surface area contributed by atoms with Gasteiger partial charge in [0.25, 0.3) is 0 Å². The lowest BCUT2D eigenvalue weighted by Crippen LogP contribution is -2.17. The van der Waals surface area contributed by atoms with Gasteiger partial charge in [-0.3, -0.25) is 4.79 Å². The van der Waals surface area contributed by atoms with Gasteiger partial charge in [-0.25, -0.2) is 8.42 Å². The summed E-state index contributed by atoms with van der Waals surface area (Å²) in [6.07, 6.45) is 2.70. The minimum absolute atomic E-state index is 0.102. The molecule has 6 heteroatoms. The van der Waals surface area contributed by atoms with Crippen LogP contribution in [0.5, 0.6) is 0 Å². The van der Waals surface area contributed by atoms with Crippen molar-refractivity contribution in [2.75, 3.05) is 5.75 Å². The second kappa shape index (κ2) is 11.3. The summed E-state index contributed by atoms with van der Waals surface area (Å²) in [5.74, 6) is -0.173. The molecule has 1 unspecified atom stereocenters.